The number of nitrogens with one attached hydrogen (secondary N) is 1. The van der Waals surface area contributed by atoms with Crippen LogP contribution >= 0.6 is 23.6 Å². The van der Waals surface area contributed by atoms with Gasteiger partial charge in [0.1, 0.15) is 15.6 Å². The van der Waals surface area contributed by atoms with Crippen molar-refractivity contribution in [3.63, 3.8) is 0 Å². The maximum atomic E-state index is 12.1. The van der Waals surface area contributed by atoms with Crippen molar-refractivity contribution < 1.29 is 8.42 Å². The van der Waals surface area contributed by atoms with Crippen LogP contribution in [-0.4, -0.2) is 23.4 Å². The number of aromatic nitrogens is 2. The molecule has 0 aliphatic heterocycles. The highest BCUT2D eigenvalue weighted by Crippen LogP contribution is 2.19. The summed E-state index contributed by atoms with van der Waals surface area (Å²) in [5.41, 5.74) is 5.51. The van der Waals surface area contributed by atoms with Gasteiger partial charge in [0.15, 0.2) is 5.13 Å². The summed E-state index contributed by atoms with van der Waals surface area (Å²) in [6.07, 6.45) is 2.93. The number of sulfonamides is 1. The number of anilines is 1. The molecule has 0 bridgehead atoms. The van der Waals surface area contributed by atoms with Gasteiger partial charge < -0.3 is 5.73 Å². The third-order valence-electron chi connectivity index (χ3n) is 1.95. The Morgan fingerprint density at radius 2 is 2.17 bits per heavy atom. The van der Waals surface area contributed by atoms with E-state index < -0.39 is 10.0 Å². The van der Waals surface area contributed by atoms with Crippen LogP contribution in [0, 0.1) is 0 Å². The van der Waals surface area contributed by atoms with Gasteiger partial charge in [0, 0.05) is 17.8 Å². The second-order valence-corrected chi connectivity index (χ2v) is 6.14. The van der Waals surface area contributed by atoms with Crippen molar-refractivity contribution in [3.8, 4) is 0 Å². The van der Waals surface area contributed by atoms with Gasteiger partial charge in [0.25, 0.3) is 10.0 Å². The first kappa shape index (κ1) is 12.9. The van der Waals surface area contributed by atoms with Gasteiger partial charge in [-0.3, -0.25) is 9.71 Å². The highest BCUT2D eigenvalue weighted by Gasteiger charge is 2.21. The molecule has 0 amide bonds. The Labute approximate surface area is 113 Å². The number of hydrogen-bond donors (Lipinski definition) is 2. The smallest absolute Gasteiger partial charge is 0.265 e. The first-order chi connectivity index (χ1) is 8.50. The molecular formula is C9H8N4O2S3. The van der Waals surface area contributed by atoms with Crippen molar-refractivity contribution in [2.75, 3.05) is 4.72 Å². The van der Waals surface area contributed by atoms with Crippen molar-refractivity contribution in [1.29, 1.82) is 0 Å². The van der Waals surface area contributed by atoms with E-state index in [9.17, 15) is 8.42 Å². The van der Waals surface area contributed by atoms with E-state index in [1.54, 1.807) is 5.38 Å². The monoisotopic (exact) mass is 300 g/mol. The number of nitrogens with two attached hydrogens (primary N) is 1. The summed E-state index contributed by atoms with van der Waals surface area (Å²) in [7, 11) is -3.79. The lowest BCUT2D eigenvalue weighted by atomic mass is 10.3. The van der Waals surface area contributed by atoms with Crippen molar-refractivity contribution in [3.05, 3.63) is 35.6 Å². The Balaban J connectivity index is 2.45. The number of hydrogen-bond acceptors (Lipinski definition) is 6. The van der Waals surface area contributed by atoms with Crippen LogP contribution in [-0.2, 0) is 10.0 Å². The first-order valence-electron chi connectivity index (χ1n) is 4.68. The molecule has 0 spiro atoms. The normalized spacial score (nSPS) is 11.1. The average molecular weight is 300 g/mol. The zero-order chi connectivity index (χ0) is 13.2. The van der Waals surface area contributed by atoms with E-state index >= 15 is 0 Å². The number of thiazole rings is 1. The largest absolute Gasteiger partial charge is 0.388 e. The minimum Gasteiger partial charge on any atom is -0.388 e. The minimum atomic E-state index is -3.79. The maximum Gasteiger partial charge on any atom is 0.265 e. The van der Waals surface area contributed by atoms with Crippen LogP contribution in [0.3, 0.4) is 0 Å². The van der Waals surface area contributed by atoms with Gasteiger partial charge in [0.2, 0.25) is 0 Å². The van der Waals surface area contributed by atoms with Gasteiger partial charge in [-0.15, -0.1) is 11.3 Å². The topological polar surface area (TPSA) is 98.0 Å². The molecule has 0 radical (unpaired) electrons. The summed E-state index contributed by atoms with van der Waals surface area (Å²) < 4.78 is 26.6. The fourth-order valence-electron chi connectivity index (χ4n) is 1.24. The van der Waals surface area contributed by atoms with Crippen molar-refractivity contribution >= 4 is 43.7 Å². The molecule has 2 aromatic heterocycles. The van der Waals surface area contributed by atoms with Gasteiger partial charge in [0.05, 0.1) is 0 Å². The molecule has 0 aliphatic carbocycles. The van der Waals surface area contributed by atoms with E-state index in [1.165, 1.54) is 35.9 Å². The van der Waals surface area contributed by atoms with Crippen LogP contribution in [0.25, 0.3) is 0 Å². The van der Waals surface area contributed by atoms with Gasteiger partial charge in [-0.2, -0.15) is 0 Å². The van der Waals surface area contributed by atoms with Crippen molar-refractivity contribution in [2.24, 2.45) is 5.73 Å². The minimum absolute atomic E-state index is 0.0623. The van der Waals surface area contributed by atoms with E-state index in [-0.39, 0.29) is 20.7 Å². The average Bonchev–Trinajstić information content (AvgIpc) is 2.81. The summed E-state index contributed by atoms with van der Waals surface area (Å²) in [5, 5.41) is 1.93. The van der Waals surface area contributed by atoms with Crippen LogP contribution in [0.2, 0.25) is 0 Å². The summed E-state index contributed by atoms with van der Waals surface area (Å²) in [6, 6.07) is 2.88. The highest BCUT2D eigenvalue weighted by atomic mass is 32.2. The van der Waals surface area contributed by atoms with Crippen LogP contribution in [0.1, 0.15) is 5.69 Å². The van der Waals surface area contributed by atoms with E-state index in [0.29, 0.717) is 0 Å². The second-order valence-electron chi connectivity index (χ2n) is 3.16. The van der Waals surface area contributed by atoms with Gasteiger partial charge in [-0.1, -0.05) is 12.2 Å². The molecule has 94 valence electrons. The molecule has 9 heteroatoms. The van der Waals surface area contributed by atoms with Crippen LogP contribution in [0.4, 0.5) is 5.13 Å². The number of pyridine rings is 1. The van der Waals surface area contributed by atoms with Crippen LogP contribution in [0.5, 0.6) is 0 Å². The molecule has 0 unspecified atom stereocenters. The van der Waals surface area contributed by atoms with Crippen LogP contribution < -0.4 is 10.5 Å². The fraction of sp³-hybridized carbons (Fsp3) is 0. The number of nitrogens with zero attached hydrogens (tertiary/aromatic N) is 2. The van der Waals surface area contributed by atoms with E-state index in [2.05, 4.69) is 14.7 Å². The zero-order valence-electron chi connectivity index (χ0n) is 8.90. The van der Waals surface area contributed by atoms with Crippen molar-refractivity contribution in [1.82, 2.24) is 9.97 Å². The molecule has 0 fully saturated rings. The lowest BCUT2D eigenvalue weighted by Gasteiger charge is -2.08. The lowest BCUT2D eigenvalue weighted by molar-refractivity contribution is 0.600. The predicted molar refractivity (Wildman–Crippen MR) is 73.0 cm³/mol. The summed E-state index contributed by atoms with van der Waals surface area (Å²) in [5.74, 6) is 0. The molecule has 2 heterocycles. The molecule has 0 saturated heterocycles. The number of rotatable bonds is 4. The zero-order valence-corrected chi connectivity index (χ0v) is 11.3. The van der Waals surface area contributed by atoms with Crippen LogP contribution in [0.15, 0.2) is 34.8 Å². The molecular weight excluding hydrogens is 292 g/mol. The fourth-order valence-corrected chi connectivity index (χ4v) is 3.42. The second kappa shape index (κ2) is 4.96. The Hall–Kier alpha value is -1.58. The highest BCUT2D eigenvalue weighted by molar-refractivity contribution is 7.93. The van der Waals surface area contributed by atoms with E-state index in [4.69, 9.17) is 18.0 Å². The Bertz CT molecular complexity index is 667. The van der Waals surface area contributed by atoms with Gasteiger partial charge >= 0.3 is 0 Å². The van der Waals surface area contributed by atoms with Gasteiger partial charge in [-0.25, -0.2) is 13.4 Å². The Morgan fingerprint density at radius 3 is 2.78 bits per heavy atom. The SMILES string of the molecule is NC(=S)c1ncccc1S(=O)(=O)Nc1nccs1. The van der Waals surface area contributed by atoms with E-state index in [0.717, 1.165) is 0 Å². The molecule has 6 nitrogen and oxygen atoms in total. The molecule has 2 aromatic rings. The Kier molecular flexibility index (Phi) is 3.55. The summed E-state index contributed by atoms with van der Waals surface area (Å²) in [4.78, 5) is 7.58. The molecule has 2 rings (SSSR count). The standard InChI is InChI=1S/C9H8N4O2S3/c10-8(16)7-6(2-1-3-11-7)18(14,15)13-9-12-4-5-17-9/h1-5H,(H2,10,16)(H,12,13). The summed E-state index contributed by atoms with van der Waals surface area (Å²) in [6.45, 7) is 0. The quantitative estimate of drug-likeness (QED) is 0.817. The molecule has 0 aromatic carbocycles. The maximum absolute atomic E-state index is 12.1. The third-order valence-corrected chi connectivity index (χ3v) is 4.33. The Morgan fingerprint density at radius 1 is 1.39 bits per heavy atom. The molecule has 0 atom stereocenters. The summed E-state index contributed by atoms with van der Waals surface area (Å²) >= 11 is 5.95. The van der Waals surface area contributed by atoms with Crippen molar-refractivity contribution in [2.45, 2.75) is 4.90 Å². The predicted octanol–water partition coefficient (Wildman–Crippen LogP) is 0.973. The molecule has 18 heavy (non-hydrogen) atoms. The first-order valence-corrected chi connectivity index (χ1v) is 7.45. The molecule has 0 aliphatic rings. The number of thiocarbonyl (C=S) groups is 1. The lowest BCUT2D eigenvalue weighted by Crippen LogP contribution is -2.21. The third kappa shape index (κ3) is 2.63. The molecule has 3 N–H and O–H groups in total. The van der Waals surface area contributed by atoms with Gasteiger partial charge in [-0.05, 0) is 12.1 Å². The van der Waals surface area contributed by atoms with E-state index in [1.807, 2.05) is 0 Å². The molecule has 0 saturated carbocycles.